The topological polar surface area (TPSA) is 58.1 Å². The van der Waals surface area contributed by atoms with E-state index >= 15 is 0 Å². The molecule has 1 N–H and O–H groups in total. The molecular formula is C16H10Cl2F6N4O. The van der Waals surface area contributed by atoms with Crippen molar-refractivity contribution in [2.45, 2.75) is 25.3 Å². The Morgan fingerprint density at radius 3 is 2.38 bits per heavy atom. The van der Waals surface area contributed by atoms with E-state index in [1.54, 1.807) is 0 Å². The normalized spacial score (nSPS) is 14.6. The third-order valence-electron chi connectivity index (χ3n) is 4.13. The number of nitrogens with one attached hydrogen (secondary N) is 1. The average molecular weight is 459 g/mol. The Morgan fingerprint density at radius 1 is 1.10 bits per heavy atom. The first-order chi connectivity index (χ1) is 13.4. The van der Waals surface area contributed by atoms with Gasteiger partial charge in [-0.15, -0.1) is 0 Å². The minimum Gasteiger partial charge on any atom is -0.330 e. The van der Waals surface area contributed by atoms with Gasteiger partial charge in [0, 0.05) is 19.3 Å². The highest BCUT2D eigenvalue weighted by Crippen LogP contribution is 2.35. The number of carbonyl (C=O) groups is 1. The molecule has 0 radical (unpaired) electrons. The van der Waals surface area contributed by atoms with E-state index in [1.807, 2.05) is 0 Å². The fraction of sp³-hybridized carbons (Fsp3) is 0.312. The zero-order valence-corrected chi connectivity index (χ0v) is 15.6. The summed E-state index contributed by atoms with van der Waals surface area (Å²) in [6.07, 6.45) is -9.06. The van der Waals surface area contributed by atoms with Crippen LogP contribution < -0.4 is 5.32 Å². The van der Waals surface area contributed by atoms with Crippen molar-refractivity contribution in [3.05, 3.63) is 45.2 Å². The van der Waals surface area contributed by atoms with Crippen molar-refractivity contribution in [1.82, 2.24) is 14.9 Å². The molecule has 0 aliphatic carbocycles. The summed E-state index contributed by atoms with van der Waals surface area (Å²) in [4.78, 5) is 19.2. The zero-order valence-electron chi connectivity index (χ0n) is 14.1. The number of hydrogen-bond acceptors (Lipinski definition) is 4. The van der Waals surface area contributed by atoms with Gasteiger partial charge in [-0.05, 0) is 29.7 Å². The van der Waals surface area contributed by atoms with Gasteiger partial charge in [-0.2, -0.15) is 26.3 Å². The largest absolute Gasteiger partial charge is 0.471 e. The molecule has 0 saturated heterocycles. The van der Waals surface area contributed by atoms with Crippen LogP contribution >= 0.6 is 23.2 Å². The first kappa shape index (κ1) is 21.4. The summed E-state index contributed by atoms with van der Waals surface area (Å²) in [5, 5.41) is 1.91. The van der Waals surface area contributed by atoms with Crippen LogP contribution in [-0.4, -0.2) is 33.5 Å². The smallest absolute Gasteiger partial charge is 0.330 e. The number of fused-ring (bicyclic) bond motifs is 1. The molecule has 2 heterocycles. The van der Waals surface area contributed by atoms with Crippen LogP contribution in [0.2, 0.25) is 10.2 Å². The van der Waals surface area contributed by atoms with Gasteiger partial charge in [-0.1, -0.05) is 23.2 Å². The Labute approximate surface area is 169 Å². The quantitative estimate of drug-likeness (QED) is 0.508. The van der Waals surface area contributed by atoms with Crippen molar-refractivity contribution in [1.29, 1.82) is 0 Å². The number of carbonyl (C=O) groups excluding carboxylic acids is 1. The molecule has 1 aromatic carbocycles. The van der Waals surface area contributed by atoms with Gasteiger partial charge in [-0.3, -0.25) is 4.79 Å². The van der Waals surface area contributed by atoms with Gasteiger partial charge >= 0.3 is 18.3 Å². The van der Waals surface area contributed by atoms with Crippen molar-refractivity contribution < 1.29 is 31.1 Å². The van der Waals surface area contributed by atoms with Crippen molar-refractivity contribution in [2.75, 3.05) is 11.9 Å². The molecule has 1 aliphatic heterocycles. The van der Waals surface area contributed by atoms with Gasteiger partial charge in [0.25, 0.3) is 0 Å². The molecule has 3 rings (SSSR count). The van der Waals surface area contributed by atoms with Gasteiger partial charge in [0.1, 0.15) is 10.7 Å². The Kier molecular flexibility index (Phi) is 5.56. The van der Waals surface area contributed by atoms with Crippen LogP contribution in [0.3, 0.4) is 0 Å². The maximum atomic E-state index is 12.7. The molecule has 1 aliphatic rings. The number of benzene rings is 1. The van der Waals surface area contributed by atoms with Crippen molar-refractivity contribution in [2.24, 2.45) is 0 Å². The van der Waals surface area contributed by atoms with Crippen molar-refractivity contribution in [3.63, 3.8) is 0 Å². The third-order valence-corrected chi connectivity index (χ3v) is 4.73. The van der Waals surface area contributed by atoms with Crippen LogP contribution in [0.1, 0.15) is 16.7 Å². The minimum atomic E-state index is -4.99. The molecule has 0 bridgehead atoms. The molecule has 0 atom stereocenters. The zero-order chi connectivity index (χ0) is 21.6. The lowest BCUT2D eigenvalue weighted by Gasteiger charge is -2.30. The Bertz CT molecular complexity index is 964. The van der Waals surface area contributed by atoms with Crippen LogP contribution in [0.5, 0.6) is 0 Å². The molecular weight excluding hydrogens is 449 g/mol. The van der Waals surface area contributed by atoms with Gasteiger partial charge in [0.05, 0.1) is 10.7 Å². The molecule has 0 unspecified atom stereocenters. The summed E-state index contributed by atoms with van der Waals surface area (Å²) >= 11 is 11.7. The third kappa shape index (κ3) is 4.67. The summed E-state index contributed by atoms with van der Waals surface area (Å²) in [5.41, 5.74) is -0.0259. The van der Waals surface area contributed by atoms with Gasteiger partial charge in [0.2, 0.25) is 5.95 Å². The van der Waals surface area contributed by atoms with Crippen molar-refractivity contribution >= 4 is 40.7 Å². The van der Waals surface area contributed by atoms with E-state index in [4.69, 9.17) is 23.2 Å². The number of rotatable bonds is 2. The second-order valence-corrected chi connectivity index (χ2v) is 6.86. The first-order valence-electron chi connectivity index (χ1n) is 7.90. The van der Waals surface area contributed by atoms with E-state index in [-0.39, 0.29) is 36.2 Å². The maximum Gasteiger partial charge on any atom is 0.471 e. The summed E-state index contributed by atoms with van der Waals surface area (Å²) in [6, 6.07) is 2.89. The van der Waals surface area contributed by atoms with E-state index in [0.717, 1.165) is 0 Å². The summed E-state index contributed by atoms with van der Waals surface area (Å²) in [5.74, 6) is -2.24. The number of nitrogens with zero attached hydrogens (tertiary/aromatic N) is 3. The minimum absolute atomic E-state index is 0.119. The Balaban J connectivity index is 1.86. The van der Waals surface area contributed by atoms with E-state index in [0.29, 0.717) is 22.2 Å². The molecule has 0 saturated carbocycles. The SMILES string of the molecule is O=C(N1CCc2cc(Cl)c(Nc3ncc(C(F)(F)F)c(Cl)n3)cc2C1)C(F)(F)F. The second-order valence-electron chi connectivity index (χ2n) is 6.10. The molecule has 5 nitrogen and oxygen atoms in total. The Morgan fingerprint density at radius 2 is 1.79 bits per heavy atom. The lowest BCUT2D eigenvalue weighted by molar-refractivity contribution is -0.186. The van der Waals surface area contributed by atoms with Gasteiger partial charge in [0.15, 0.2) is 0 Å². The molecule has 0 fully saturated rings. The lowest BCUT2D eigenvalue weighted by Crippen LogP contribution is -2.43. The number of halogens is 8. The molecule has 0 spiro atoms. The highest BCUT2D eigenvalue weighted by Gasteiger charge is 2.43. The highest BCUT2D eigenvalue weighted by molar-refractivity contribution is 6.33. The van der Waals surface area contributed by atoms with Crippen LogP contribution in [0.4, 0.5) is 38.0 Å². The standard InChI is InChI=1S/C16H10Cl2F6N4O/c17-10-3-7-1-2-28(13(29)16(22,23)24)6-8(7)4-11(10)26-14-25-5-9(12(18)27-14)15(19,20)21/h3-5H,1-2,6H2,(H,25,26,27). The van der Waals surface area contributed by atoms with E-state index in [1.165, 1.54) is 12.1 Å². The molecule has 2 aromatic rings. The lowest BCUT2D eigenvalue weighted by atomic mass is 9.99. The number of alkyl halides is 6. The summed E-state index contributed by atoms with van der Waals surface area (Å²) < 4.78 is 76.2. The van der Waals surface area contributed by atoms with Crippen LogP contribution in [0.15, 0.2) is 18.3 Å². The molecule has 156 valence electrons. The second kappa shape index (κ2) is 7.52. The number of aromatic nitrogens is 2. The summed E-state index contributed by atoms with van der Waals surface area (Å²) in [6.45, 7) is -0.416. The number of amides is 1. The van der Waals surface area contributed by atoms with E-state index < -0.39 is 29.0 Å². The van der Waals surface area contributed by atoms with Crippen LogP contribution in [0.25, 0.3) is 0 Å². The Hall–Kier alpha value is -2.27. The highest BCUT2D eigenvalue weighted by atomic mass is 35.5. The fourth-order valence-corrected chi connectivity index (χ4v) is 3.23. The predicted molar refractivity (Wildman–Crippen MR) is 92.0 cm³/mol. The maximum absolute atomic E-state index is 12.7. The van der Waals surface area contributed by atoms with Gasteiger partial charge in [-0.25, -0.2) is 9.97 Å². The fourth-order valence-electron chi connectivity index (χ4n) is 2.76. The molecule has 29 heavy (non-hydrogen) atoms. The molecule has 13 heteroatoms. The van der Waals surface area contributed by atoms with Crippen molar-refractivity contribution in [3.8, 4) is 0 Å². The average Bonchev–Trinajstić information content (AvgIpc) is 2.59. The number of hydrogen-bond donors (Lipinski definition) is 1. The molecule has 1 amide bonds. The first-order valence-corrected chi connectivity index (χ1v) is 8.66. The van der Waals surface area contributed by atoms with Crippen LogP contribution in [0, 0.1) is 0 Å². The van der Waals surface area contributed by atoms with E-state index in [9.17, 15) is 31.1 Å². The molecule has 1 aromatic heterocycles. The van der Waals surface area contributed by atoms with Crippen LogP contribution in [-0.2, 0) is 23.9 Å². The van der Waals surface area contributed by atoms with E-state index in [2.05, 4.69) is 15.3 Å². The monoisotopic (exact) mass is 458 g/mol. The predicted octanol–water partition coefficient (Wildman–Crippen LogP) is 4.99. The van der Waals surface area contributed by atoms with Gasteiger partial charge < -0.3 is 10.2 Å². The number of anilines is 2. The summed E-state index contributed by atoms with van der Waals surface area (Å²) in [7, 11) is 0.